The number of rotatable bonds is 4. The summed E-state index contributed by atoms with van der Waals surface area (Å²) in [6.45, 7) is 6.98. The summed E-state index contributed by atoms with van der Waals surface area (Å²) in [5.74, 6) is 5.79. The van der Waals surface area contributed by atoms with Crippen LogP contribution >= 0.6 is 0 Å². The van der Waals surface area contributed by atoms with Gasteiger partial charge >= 0.3 is 0 Å². The molecule has 0 aliphatic heterocycles. The summed E-state index contributed by atoms with van der Waals surface area (Å²) >= 11 is 0. The molecule has 0 saturated carbocycles. The molecule has 0 amide bonds. The van der Waals surface area contributed by atoms with Crippen molar-refractivity contribution >= 4 is 0 Å². The van der Waals surface area contributed by atoms with Gasteiger partial charge in [-0.25, -0.2) is 0 Å². The third-order valence-electron chi connectivity index (χ3n) is 1.09. The topological polar surface area (TPSA) is 18.5 Å². The van der Waals surface area contributed by atoms with Gasteiger partial charge in [0.2, 0.25) is 0 Å². The Morgan fingerprint density at radius 3 is 2.45 bits per heavy atom. The van der Waals surface area contributed by atoms with Crippen molar-refractivity contribution in [2.24, 2.45) is 0 Å². The molecule has 0 aromatic rings. The summed E-state index contributed by atoms with van der Waals surface area (Å²) in [4.78, 5) is 0. The van der Waals surface area contributed by atoms with Gasteiger partial charge in [0.1, 0.15) is 6.61 Å². The fourth-order valence-corrected chi connectivity index (χ4v) is 0.618. The van der Waals surface area contributed by atoms with Crippen molar-refractivity contribution in [1.29, 1.82) is 0 Å². The summed E-state index contributed by atoms with van der Waals surface area (Å²) in [7, 11) is 0. The predicted octanol–water partition coefficient (Wildman–Crippen LogP) is 1.80. The molecular formula is C9H16O2. The minimum absolute atomic E-state index is 0.133. The van der Waals surface area contributed by atoms with Crippen LogP contribution < -0.4 is 0 Å². The molecule has 2 nitrogen and oxygen atoms in total. The van der Waals surface area contributed by atoms with Gasteiger partial charge in [0.05, 0.1) is 0 Å². The van der Waals surface area contributed by atoms with E-state index in [9.17, 15) is 0 Å². The van der Waals surface area contributed by atoms with E-state index < -0.39 is 0 Å². The third kappa shape index (κ3) is 7.38. The second-order valence-corrected chi connectivity index (χ2v) is 2.04. The van der Waals surface area contributed by atoms with E-state index in [2.05, 4.69) is 11.8 Å². The zero-order chi connectivity index (χ0) is 8.53. The third-order valence-corrected chi connectivity index (χ3v) is 1.09. The highest BCUT2D eigenvalue weighted by Gasteiger charge is 1.96. The van der Waals surface area contributed by atoms with Crippen molar-refractivity contribution in [3.8, 4) is 11.8 Å². The molecule has 0 rings (SSSR count). The SMILES string of the molecule is CCC#CCOC(C)OCC. The average molecular weight is 156 g/mol. The van der Waals surface area contributed by atoms with Crippen LogP contribution in [0.1, 0.15) is 27.2 Å². The molecule has 2 heteroatoms. The van der Waals surface area contributed by atoms with Crippen LogP contribution in [0.25, 0.3) is 0 Å². The Labute approximate surface area is 68.9 Å². The van der Waals surface area contributed by atoms with E-state index in [1.54, 1.807) is 0 Å². The molecule has 11 heavy (non-hydrogen) atoms. The Morgan fingerprint density at radius 1 is 1.18 bits per heavy atom. The summed E-state index contributed by atoms with van der Waals surface area (Å²) < 4.78 is 10.3. The maximum atomic E-state index is 5.19. The first-order chi connectivity index (χ1) is 5.31. The normalized spacial score (nSPS) is 11.9. The molecule has 0 fully saturated rings. The van der Waals surface area contributed by atoms with Crippen LogP contribution in [0.2, 0.25) is 0 Å². The van der Waals surface area contributed by atoms with E-state index in [0.717, 1.165) is 6.42 Å². The van der Waals surface area contributed by atoms with Gasteiger partial charge in [-0.15, -0.1) is 5.92 Å². The minimum Gasteiger partial charge on any atom is -0.353 e. The standard InChI is InChI=1S/C9H16O2/c1-4-6-7-8-11-9(3)10-5-2/h9H,4-5,8H2,1-3H3. The van der Waals surface area contributed by atoms with Gasteiger partial charge in [-0.2, -0.15) is 0 Å². The first kappa shape index (κ1) is 10.5. The van der Waals surface area contributed by atoms with Crippen LogP contribution in [0.5, 0.6) is 0 Å². The van der Waals surface area contributed by atoms with Crippen LogP contribution in [-0.4, -0.2) is 19.5 Å². The van der Waals surface area contributed by atoms with Gasteiger partial charge in [-0.1, -0.05) is 12.8 Å². The van der Waals surface area contributed by atoms with Crippen molar-refractivity contribution < 1.29 is 9.47 Å². The highest BCUT2D eigenvalue weighted by Crippen LogP contribution is 1.91. The smallest absolute Gasteiger partial charge is 0.156 e. The molecule has 0 aliphatic rings. The van der Waals surface area contributed by atoms with Gasteiger partial charge in [0.25, 0.3) is 0 Å². The lowest BCUT2D eigenvalue weighted by molar-refractivity contribution is -0.117. The fourth-order valence-electron chi connectivity index (χ4n) is 0.618. The Bertz CT molecular complexity index is 132. The average Bonchev–Trinajstić information content (AvgIpc) is 1.99. The van der Waals surface area contributed by atoms with Crippen molar-refractivity contribution in [3.63, 3.8) is 0 Å². The lowest BCUT2D eigenvalue weighted by Crippen LogP contribution is -2.12. The van der Waals surface area contributed by atoms with Gasteiger partial charge in [-0.05, 0) is 13.8 Å². The number of ether oxygens (including phenoxy) is 2. The monoisotopic (exact) mass is 156 g/mol. The van der Waals surface area contributed by atoms with Crippen LogP contribution in [0.4, 0.5) is 0 Å². The molecule has 0 saturated heterocycles. The molecular weight excluding hydrogens is 140 g/mol. The summed E-state index contributed by atoms with van der Waals surface area (Å²) in [6.07, 6.45) is 0.748. The zero-order valence-corrected chi connectivity index (χ0v) is 7.52. The lowest BCUT2D eigenvalue weighted by atomic mass is 10.5. The molecule has 0 aromatic carbocycles. The van der Waals surface area contributed by atoms with Gasteiger partial charge in [0.15, 0.2) is 6.29 Å². The van der Waals surface area contributed by atoms with Gasteiger partial charge in [0, 0.05) is 13.0 Å². The van der Waals surface area contributed by atoms with Gasteiger partial charge in [-0.3, -0.25) is 0 Å². The molecule has 0 radical (unpaired) electrons. The van der Waals surface area contributed by atoms with Gasteiger partial charge < -0.3 is 9.47 Å². The Kier molecular flexibility index (Phi) is 7.23. The first-order valence-corrected chi connectivity index (χ1v) is 4.00. The van der Waals surface area contributed by atoms with E-state index in [1.807, 2.05) is 20.8 Å². The molecule has 0 aromatic heterocycles. The maximum Gasteiger partial charge on any atom is 0.156 e. The highest BCUT2D eigenvalue weighted by atomic mass is 16.7. The molecule has 1 unspecified atom stereocenters. The number of hydrogen-bond acceptors (Lipinski definition) is 2. The molecule has 0 aliphatic carbocycles. The van der Waals surface area contributed by atoms with E-state index in [-0.39, 0.29) is 6.29 Å². The number of hydrogen-bond donors (Lipinski definition) is 0. The molecule has 1 atom stereocenters. The van der Waals surface area contributed by atoms with Crippen LogP contribution in [-0.2, 0) is 9.47 Å². The van der Waals surface area contributed by atoms with E-state index in [0.29, 0.717) is 13.2 Å². The Balaban J connectivity index is 3.23. The Hall–Kier alpha value is -0.520. The Morgan fingerprint density at radius 2 is 1.91 bits per heavy atom. The van der Waals surface area contributed by atoms with E-state index in [1.165, 1.54) is 0 Å². The fraction of sp³-hybridized carbons (Fsp3) is 0.778. The summed E-state index contributed by atoms with van der Waals surface area (Å²) in [5.41, 5.74) is 0. The molecule has 0 bridgehead atoms. The maximum absolute atomic E-state index is 5.19. The predicted molar refractivity (Wildman–Crippen MR) is 45.1 cm³/mol. The quantitative estimate of drug-likeness (QED) is 0.456. The molecule has 64 valence electrons. The first-order valence-electron chi connectivity index (χ1n) is 4.00. The molecule has 0 N–H and O–H groups in total. The largest absolute Gasteiger partial charge is 0.353 e. The summed E-state index contributed by atoms with van der Waals surface area (Å²) in [5, 5.41) is 0. The van der Waals surface area contributed by atoms with Crippen LogP contribution in [0.3, 0.4) is 0 Å². The van der Waals surface area contributed by atoms with E-state index >= 15 is 0 Å². The van der Waals surface area contributed by atoms with Crippen molar-refractivity contribution in [1.82, 2.24) is 0 Å². The molecule has 0 heterocycles. The van der Waals surface area contributed by atoms with Crippen LogP contribution in [0.15, 0.2) is 0 Å². The second kappa shape index (κ2) is 7.59. The van der Waals surface area contributed by atoms with Crippen molar-refractivity contribution in [3.05, 3.63) is 0 Å². The van der Waals surface area contributed by atoms with E-state index in [4.69, 9.17) is 9.47 Å². The van der Waals surface area contributed by atoms with Crippen molar-refractivity contribution in [2.45, 2.75) is 33.5 Å². The zero-order valence-electron chi connectivity index (χ0n) is 7.52. The minimum atomic E-state index is -0.133. The van der Waals surface area contributed by atoms with Crippen molar-refractivity contribution in [2.75, 3.05) is 13.2 Å². The second-order valence-electron chi connectivity index (χ2n) is 2.04. The summed E-state index contributed by atoms with van der Waals surface area (Å²) in [6, 6.07) is 0. The lowest BCUT2D eigenvalue weighted by Gasteiger charge is -2.09. The highest BCUT2D eigenvalue weighted by molar-refractivity contribution is 4.97. The van der Waals surface area contributed by atoms with Crippen LogP contribution in [0, 0.1) is 11.8 Å². The molecule has 0 spiro atoms.